The minimum absolute atomic E-state index is 0.304. The highest BCUT2D eigenvalue weighted by atomic mass is 16.4. The zero-order chi connectivity index (χ0) is 11.9. The van der Waals surface area contributed by atoms with E-state index in [-0.39, 0.29) is 11.3 Å². The average Bonchev–Trinajstić information content (AvgIpc) is 2.21. The molecule has 2 rings (SSSR count). The van der Waals surface area contributed by atoms with Crippen molar-refractivity contribution in [1.29, 1.82) is 0 Å². The van der Waals surface area contributed by atoms with E-state index in [1.807, 2.05) is 13.0 Å². The largest absolute Gasteiger partial charge is 0.506 e. The summed E-state index contributed by atoms with van der Waals surface area (Å²) in [6.45, 7) is 3.63. The van der Waals surface area contributed by atoms with Crippen molar-refractivity contribution in [2.24, 2.45) is 0 Å². The van der Waals surface area contributed by atoms with Gasteiger partial charge in [-0.05, 0) is 31.0 Å². The number of carbonyl (C=O) groups is 1. The smallest absolute Gasteiger partial charge is 0.350 e. The molecule has 0 radical (unpaired) electrons. The van der Waals surface area contributed by atoms with Crippen molar-refractivity contribution in [3.05, 3.63) is 39.2 Å². The van der Waals surface area contributed by atoms with Crippen LogP contribution in [0.3, 0.4) is 0 Å². The number of hydrogen-bond donors (Lipinski definition) is 1. The van der Waals surface area contributed by atoms with Gasteiger partial charge < -0.3 is 9.52 Å². The van der Waals surface area contributed by atoms with Crippen LogP contribution in [-0.2, 0) is 0 Å². The molecule has 82 valence electrons. The monoisotopic (exact) mass is 218 g/mol. The number of carbonyl (C=O) groups excluding carboxylic acids is 1. The lowest BCUT2D eigenvalue weighted by Crippen LogP contribution is -2.07. The van der Waals surface area contributed by atoms with Gasteiger partial charge in [0.25, 0.3) is 0 Å². The van der Waals surface area contributed by atoms with Crippen molar-refractivity contribution in [2.45, 2.75) is 13.8 Å². The molecular weight excluding hydrogens is 208 g/mol. The second kappa shape index (κ2) is 3.48. The van der Waals surface area contributed by atoms with Gasteiger partial charge in [-0.1, -0.05) is 6.07 Å². The van der Waals surface area contributed by atoms with Crippen LogP contribution in [0.5, 0.6) is 5.75 Å². The average molecular weight is 218 g/mol. The summed E-state index contributed by atoms with van der Waals surface area (Å²) in [5.41, 5.74) is 0.842. The van der Waals surface area contributed by atoms with Crippen LogP contribution in [0.4, 0.5) is 0 Å². The van der Waals surface area contributed by atoms with E-state index in [0.717, 1.165) is 11.1 Å². The standard InChI is InChI=1S/C12H10O4/c1-6-3-7(2)11-8(4-6)10(14)9(5-13)12(15)16-11/h3-5,14H,1-2H3. The van der Waals surface area contributed by atoms with Crippen LogP contribution in [0, 0.1) is 13.8 Å². The van der Waals surface area contributed by atoms with E-state index in [2.05, 4.69) is 0 Å². The molecule has 0 bridgehead atoms. The van der Waals surface area contributed by atoms with E-state index < -0.39 is 5.63 Å². The normalized spacial score (nSPS) is 10.6. The van der Waals surface area contributed by atoms with E-state index >= 15 is 0 Å². The summed E-state index contributed by atoms with van der Waals surface area (Å²) in [6.07, 6.45) is 0.304. The summed E-state index contributed by atoms with van der Waals surface area (Å²) in [5.74, 6) is -0.312. The Kier molecular flexibility index (Phi) is 2.27. The number of aldehydes is 1. The molecule has 0 fully saturated rings. The highest BCUT2D eigenvalue weighted by Gasteiger charge is 2.14. The first-order valence-electron chi connectivity index (χ1n) is 4.77. The fourth-order valence-corrected chi connectivity index (χ4v) is 1.76. The molecule has 0 spiro atoms. The molecule has 0 aliphatic heterocycles. The van der Waals surface area contributed by atoms with Gasteiger partial charge in [0.15, 0.2) is 6.29 Å². The third-order valence-electron chi connectivity index (χ3n) is 2.46. The lowest BCUT2D eigenvalue weighted by Gasteiger charge is -2.05. The van der Waals surface area contributed by atoms with Crippen molar-refractivity contribution < 1.29 is 14.3 Å². The Hall–Kier alpha value is -2.10. The lowest BCUT2D eigenvalue weighted by molar-refractivity contribution is 0.111. The fourth-order valence-electron chi connectivity index (χ4n) is 1.76. The first-order valence-corrected chi connectivity index (χ1v) is 4.77. The quantitative estimate of drug-likeness (QED) is 0.586. The van der Waals surface area contributed by atoms with E-state index in [1.54, 1.807) is 13.0 Å². The van der Waals surface area contributed by atoms with E-state index in [1.165, 1.54) is 0 Å². The topological polar surface area (TPSA) is 67.5 Å². The molecule has 0 saturated heterocycles. The molecule has 4 heteroatoms. The first kappa shape index (κ1) is 10.4. The van der Waals surface area contributed by atoms with Crippen molar-refractivity contribution in [3.8, 4) is 5.75 Å². The second-order valence-electron chi connectivity index (χ2n) is 3.73. The summed E-state index contributed by atoms with van der Waals surface area (Å²) in [5, 5.41) is 10.2. The van der Waals surface area contributed by atoms with E-state index in [4.69, 9.17) is 4.42 Å². The number of fused-ring (bicyclic) bond motifs is 1. The predicted octanol–water partition coefficient (Wildman–Crippen LogP) is 1.93. The summed E-state index contributed by atoms with van der Waals surface area (Å²) in [6, 6.07) is 3.51. The van der Waals surface area contributed by atoms with E-state index in [9.17, 15) is 14.7 Å². The number of rotatable bonds is 1. The summed E-state index contributed by atoms with van der Waals surface area (Å²) >= 11 is 0. The molecule has 0 amide bonds. The molecule has 0 aliphatic carbocycles. The third-order valence-corrected chi connectivity index (χ3v) is 2.46. The molecule has 2 aromatic rings. The molecule has 16 heavy (non-hydrogen) atoms. The Balaban J connectivity index is 3.04. The van der Waals surface area contributed by atoms with Gasteiger partial charge in [-0.2, -0.15) is 0 Å². The number of aromatic hydroxyl groups is 1. The second-order valence-corrected chi connectivity index (χ2v) is 3.73. The van der Waals surface area contributed by atoms with E-state index in [0.29, 0.717) is 17.3 Å². The minimum atomic E-state index is -0.813. The number of hydrogen-bond acceptors (Lipinski definition) is 4. The molecule has 1 aromatic heterocycles. The Labute approximate surface area is 91.1 Å². The van der Waals surface area contributed by atoms with Gasteiger partial charge in [-0.15, -0.1) is 0 Å². The van der Waals surface area contributed by atoms with Gasteiger partial charge in [0.05, 0.1) is 5.39 Å². The number of aryl methyl sites for hydroxylation is 2. The maximum Gasteiger partial charge on any atom is 0.350 e. The van der Waals surface area contributed by atoms with Gasteiger partial charge in [-0.25, -0.2) is 4.79 Å². The molecule has 1 heterocycles. The van der Waals surface area contributed by atoms with Crippen LogP contribution in [0.15, 0.2) is 21.3 Å². The Morgan fingerprint density at radius 2 is 2.00 bits per heavy atom. The Bertz CT molecular complexity index is 637. The molecule has 0 aliphatic rings. The van der Waals surface area contributed by atoms with Crippen molar-refractivity contribution in [2.75, 3.05) is 0 Å². The molecule has 0 saturated carbocycles. The van der Waals surface area contributed by atoms with Crippen LogP contribution in [0.1, 0.15) is 21.5 Å². The van der Waals surface area contributed by atoms with Crippen molar-refractivity contribution in [1.82, 2.24) is 0 Å². The van der Waals surface area contributed by atoms with Crippen LogP contribution >= 0.6 is 0 Å². The van der Waals surface area contributed by atoms with Crippen LogP contribution in [0.25, 0.3) is 11.0 Å². The molecule has 0 unspecified atom stereocenters. The van der Waals surface area contributed by atoms with Gasteiger partial charge in [0.1, 0.15) is 16.9 Å². The highest BCUT2D eigenvalue weighted by Crippen LogP contribution is 2.28. The predicted molar refractivity (Wildman–Crippen MR) is 59.0 cm³/mol. The molecule has 4 nitrogen and oxygen atoms in total. The maximum absolute atomic E-state index is 11.4. The van der Waals surface area contributed by atoms with Crippen molar-refractivity contribution >= 4 is 17.3 Å². The molecule has 1 aromatic carbocycles. The number of benzene rings is 1. The SMILES string of the molecule is Cc1cc(C)c2oc(=O)c(C=O)c(O)c2c1. The highest BCUT2D eigenvalue weighted by molar-refractivity contribution is 5.93. The summed E-state index contributed by atoms with van der Waals surface area (Å²) < 4.78 is 5.00. The third kappa shape index (κ3) is 1.39. The minimum Gasteiger partial charge on any atom is -0.506 e. The van der Waals surface area contributed by atoms with Gasteiger partial charge in [0.2, 0.25) is 0 Å². The molecule has 0 atom stereocenters. The van der Waals surface area contributed by atoms with Gasteiger partial charge >= 0.3 is 5.63 Å². The molecule has 1 N–H and O–H groups in total. The van der Waals surface area contributed by atoms with Crippen LogP contribution in [-0.4, -0.2) is 11.4 Å². The fraction of sp³-hybridized carbons (Fsp3) is 0.167. The Morgan fingerprint density at radius 1 is 1.31 bits per heavy atom. The lowest BCUT2D eigenvalue weighted by atomic mass is 10.1. The molecular formula is C12H10O4. The van der Waals surface area contributed by atoms with Crippen LogP contribution in [0.2, 0.25) is 0 Å². The Morgan fingerprint density at radius 3 is 2.62 bits per heavy atom. The maximum atomic E-state index is 11.4. The summed E-state index contributed by atoms with van der Waals surface area (Å²) in [7, 11) is 0. The van der Waals surface area contributed by atoms with Crippen molar-refractivity contribution in [3.63, 3.8) is 0 Å². The summed E-state index contributed by atoms with van der Waals surface area (Å²) in [4.78, 5) is 22.0. The van der Waals surface area contributed by atoms with Gasteiger partial charge in [0, 0.05) is 0 Å². The zero-order valence-corrected chi connectivity index (χ0v) is 8.90. The van der Waals surface area contributed by atoms with Gasteiger partial charge in [-0.3, -0.25) is 4.79 Å². The zero-order valence-electron chi connectivity index (χ0n) is 8.90. The first-order chi connectivity index (χ1) is 7.54. The van der Waals surface area contributed by atoms with Crippen LogP contribution < -0.4 is 5.63 Å².